The van der Waals surface area contributed by atoms with Gasteiger partial charge in [0.15, 0.2) is 0 Å². The van der Waals surface area contributed by atoms with Crippen molar-refractivity contribution in [1.82, 2.24) is 9.55 Å². The standard InChI is InChI=1S/C15H10Cl3IN2/c16-5-4-15-20-13-7-11(17)12(18)8-14(13)21(15)10-3-1-2-9(19)6-10/h1-3,6-8H,4-5H2. The Kier molecular flexibility index (Phi) is 4.64. The van der Waals surface area contributed by atoms with Crippen LogP contribution in [0.2, 0.25) is 10.0 Å². The Morgan fingerprint density at radius 2 is 1.86 bits per heavy atom. The van der Waals surface area contributed by atoms with E-state index in [2.05, 4.69) is 38.2 Å². The first-order valence-electron chi connectivity index (χ1n) is 6.28. The zero-order valence-corrected chi connectivity index (χ0v) is 15.2. The van der Waals surface area contributed by atoms with Gasteiger partial charge in [0.2, 0.25) is 0 Å². The molecule has 0 spiro atoms. The maximum absolute atomic E-state index is 6.16. The first kappa shape index (κ1) is 15.4. The second-order valence-corrected chi connectivity index (χ2v) is 6.98. The number of rotatable bonds is 3. The Morgan fingerprint density at radius 1 is 1.10 bits per heavy atom. The Balaban J connectivity index is 2.32. The third-order valence-corrected chi connectivity index (χ3v) is 4.73. The second-order valence-electron chi connectivity index (χ2n) is 4.54. The molecule has 0 saturated carbocycles. The van der Waals surface area contributed by atoms with Gasteiger partial charge in [-0.2, -0.15) is 0 Å². The molecule has 3 aromatic rings. The lowest BCUT2D eigenvalue weighted by Crippen LogP contribution is -2.02. The van der Waals surface area contributed by atoms with Crippen molar-refractivity contribution in [2.75, 3.05) is 5.88 Å². The van der Waals surface area contributed by atoms with Gasteiger partial charge in [0, 0.05) is 21.6 Å². The van der Waals surface area contributed by atoms with E-state index in [1.807, 2.05) is 24.3 Å². The molecule has 2 aromatic carbocycles. The van der Waals surface area contributed by atoms with Crippen LogP contribution < -0.4 is 0 Å². The third-order valence-electron chi connectivity index (χ3n) is 3.15. The molecule has 0 amide bonds. The molecular weight excluding hydrogens is 441 g/mol. The predicted octanol–water partition coefficient (Wildman–Crippen LogP) is 5.72. The zero-order valence-electron chi connectivity index (χ0n) is 10.8. The highest BCUT2D eigenvalue weighted by atomic mass is 127. The molecule has 0 aliphatic heterocycles. The normalized spacial score (nSPS) is 11.2. The fraction of sp³-hybridized carbons (Fsp3) is 0.133. The predicted molar refractivity (Wildman–Crippen MR) is 98.2 cm³/mol. The molecular formula is C15H10Cl3IN2. The van der Waals surface area contributed by atoms with Crippen LogP contribution in [0.15, 0.2) is 36.4 Å². The number of nitrogens with zero attached hydrogens (tertiary/aromatic N) is 2. The first-order chi connectivity index (χ1) is 10.1. The van der Waals surface area contributed by atoms with Crippen LogP contribution >= 0.6 is 57.4 Å². The minimum Gasteiger partial charge on any atom is -0.296 e. The molecule has 0 fully saturated rings. The SMILES string of the molecule is ClCCc1nc2cc(Cl)c(Cl)cc2n1-c1cccc(I)c1. The molecule has 3 rings (SSSR count). The average Bonchev–Trinajstić information content (AvgIpc) is 2.77. The molecule has 21 heavy (non-hydrogen) atoms. The van der Waals surface area contributed by atoms with E-state index in [4.69, 9.17) is 34.8 Å². The Labute approximate surface area is 151 Å². The summed E-state index contributed by atoms with van der Waals surface area (Å²) in [5, 5.41) is 1.03. The van der Waals surface area contributed by atoms with Crippen LogP contribution in [-0.4, -0.2) is 15.4 Å². The number of alkyl halides is 1. The quantitative estimate of drug-likeness (QED) is 0.368. The number of imidazole rings is 1. The fourth-order valence-corrected chi connectivity index (χ4v) is 3.29. The molecule has 0 bridgehead atoms. The molecule has 1 aromatic heterocycles. The van der Waals surface area contributed by atoms with Crippen molar-refractivity contribution in [3.63, 3.8) is 0 Å². The van der Waals surface area contributed by atoms with Gasteiger partial charge in [-0.05, 0) is 52.9 Å². The largest absolute Gasteiger partial charge is 0.296 e. The molecule has 6 heteroatoms. The van der Waals surface area contributed by atoms with Crippen LogP contribution in [0.5, 0.6) is 0 Å². The lowest BCUT2D eigenvalue weighted by atomic mass is 10.2. The van der Waals surface area contributed by atoms with Crippen molar-refractivity contribution >= 4 is 68.4 Å². The van der Waals surface area contributed by atoms with Gasteiger partial charge in [-0.25, -0.2) is 4.98 Å². The number of hydrogen-bond acceptors (Lipinski definition) is 1. The van der Waals surface area contributed by atoms with Gasteiger partial charge in [0.05, 0.1) is 21.1 Å². The number of benzene rings is 2. The van der Waals surface area contributed by atoms with E-state index in [1.165, 1.54) is 0 Å². The van der Waals surface area contributed by atoms with Crippen LogP contribution in [0.3, 0.4) is 0 Å². The van der Waals surface area contributed by atoms with Crippen LogP contribution in [0.1, 0.15) is 5.82 Å². The molecule has 0 N–H and O–H groups in total. The van der Waals surface area contributed by atoms with Crippen LogP contribution in [0, 0.1) is 3.57 Å². The maximum atomic E-state index is 6.16. The number of aromatic nitrogens is 2. The van der Waals surface area contributed by atoms with E-state index >= 15 is 0 Å². The summed E-state index contributed by atoms with van der Waals surface area (Å²) >= 11 is 20.5. The lowest BCUT2D eigenvalue weighted by Gasteiger charge is -2.09. The molecule has 2 nitrogen and oxygen atoms in total. The summed E-state index contributed by atoms with van der Waals surface area (Å²) < 4.78 is 3.24. The van der Waals surface area contributed by atoms with Crippen LogP contribution in [0.4, 0.5) is 0 Å². The number of halogens is 4. The summed E-state index contributed by atoms with van der Waals surface area (Å²) in [6, 6.07) is 11.9. The van der Waals surface area contributed by atoms with Crippen molar-refractivity contribution in [2.45, 2.75) is 6.42 Å². The van der Waals surface area contributed by atoms with Gasteiger partial charge in [-0.3, -0.25) is 4.57 Å². The summed E-state index contributed by atoms with van der Waals surface area (Å²) in [4.78, 5) is 4.64. The van der Waals surface area contributed by atoms with E-state index in [0.29, 0.717) is 22.3 Å². The second kappa shape index (κ2) is 6.32. The van der Waals surface area contributed by atoms with Crippen molar-refractivity contribution < 1.29 is 0 Å². The molecule has 1 heterocycles. The number of fused-ring (bicyclic) bond motifs is 1. The highest BCUT2D eigenvalue weighted by molar-refractivity contribution is 14.1. The molecule has 0 aliphatic carbocycles. The summed E-state index contributed by atoms with van der Waals surface area (Å²) in [5.74, 6) is 1.41. The minimum absolute atomic E-state index is 0.508. The monoisotopic (exact) mass is 450 g/mol. The van der Waals surface area contributed by atoms with Crippen LogP contribution in [-0.2, 0) is 6.42 Å². The molecule has 0 radical (unpaired) electrons. The maximum Gasteiger partial charge on any atom is 0.115 e. The van der Waals surface area contributed by atoms with E-state index in [-0.39, 0.29) is 0 Å². The van der Waals surface area contributed by atoms with Crippen molar-refractivity contribution in [3.05, 3.63) is 55.8 Å². The number of aryl methyl sites for hydroxylation is 1. The van der Waals surface area contributed by atoms with Crippen LogP contribution in [0.25, 0.3) is 16.7 Å². The van der Waals surface area contributed by atoms with Gasteiger partial charge in [0.25, 0.3) is 0 Å². The summed E-state index contributed by atoms with van der Waals surface area (Å²) in [6.45, 7) is 0. The fourth-order valence-electron chi connectivity index (χ4n) is 2.28. The smallest absolute Gasteiger partial charge is 0.115 e. The van der Waals surface area contributed by atoms with Gasteiger partial charge < -0.3 is 0 Å². The third kappa shape index (κ3) is 3.02. The topological polar surface area (TPSA) is 17.8 Å². The molecule has 0 aliphatic rings. The van der Waals surface area contributed by atoms with E-state index in [1.54, 1.807) is 6.07 Å². The van der Waals surface area contributed by atoms with Gasteiger partial charge in [-0.15, -0.1) is 11.6 Å². The number of hydrogen-bond donors (Lipinski definition) is 0. The molecule has 108 valence electrons. The van der Waals surface area contributed by atoms with Gasteiger partial charge >= 0.3 is 0 Å². The first-order valence-corrected chi connectivity index (χ1v) is 8.65. The molecule has 0 atom stereocenters. The minimum atomic E-state index is 0.508. The molecule has 0 saturated heterocycles. The van der Waals surface area contributed by atoms with E-state index in [0.717, 1.165) is 26.1 Å². The zero-order chi connectivity index (χ0) is 15.0. The Bertz CT molecular complexity index is 814. The average molecular weight is 452 g/mol. The lowest BCUT2D eigenvalue weighted by molar-refractivity contribution is 0.912. The highest BCUT2D eigenvalue weighted by Crippen LogP contribution is 2.30. The van der Waals surface area contributed by atoms with Crippen molar-refractivity contribution in [1.29, 1.82) is 0 Å². The molecule has 0 unspecified atom stereocenters. The summed E-state index contributed by atoms with van der Waals surface area (Å²) in [7, 11) is 0. The van der Waals surface area contributed by atoms with Gasteiger partial charge in [-0.1, -0.05) is 29.3 Å². The van der Waals surface area contributed by atoms with Gasteiger partial charge in [0.1, 0.15) is 5.82 Å². The van der Waals surface area contributed by atoms with E-state index in [9.17, 15) is 0 Å². The van der Waals surface area contributed by atoms with Crippen molar-refractivity contribution in [2.24, 2.45) is 0 Å². The van der Waals surface area contributed by atoms with E-state index < -0.39 is 0 Å². The van der Waals surface area contributed by atoms with Crippen molar-refractivity contribution in [3.8, 4) is 5.69 Å². The Hall–Kier alpha value is -0.490. The summed E-state index contributed by atoms with van der Waals surface area (Å²) in [6.07, 6.45) is 0.678. The summed E-state index contributed by atoms with van der Waals surface area (Å²) in [5.41, 5.74) is 2.80. The Morgan fingerprint density at radius 3 is 2.57 bits per heavy atom. The highest BCUT2D eigenvalue weighted by Gasteiger charge is 2.14.